The number of hydrogen-bond acceptors (Lipinski definition) is 8. The third-order valence-corrected chi connectivity index (χ3v) is 6.70. The normalized spacial score (nSPS) is 13.4. The lowest BCUT2D eigenvalue weighted by molar-refractivity contribution is 0.0357. The molecule has 220 valence electrons. The van der Waals surface area contributed by atoms with E-state index < -0.39 is 11.8 Å². The topological polar surface area (TPSA) is 103 Å². The molecule has 1 saturated heterocycles. The molecule has 10 nitrogen and oxygen atoms in total. The lowest BCUT2D eigenvalue weighted by Gasteiger charge is -2.26. The largest absolute Gasteiger partial charge is 0.497 e. The van der Waals surface area contributed by atoms with E-state index in [4.69, 9.17) is 23.7 Å². The van der Waals surface area contributed by atoms with Crippen LogP contribution in [0.25, 0.3) is 10.9 Å². The van der Waals surface area contributed by atoms with Gasteiger partial charge in [0.05, 0.1) is 39.6 Å². The van der Waals surface area contributed by atoms with Gasteiger partial charge in [0.1, 0.15) is 11.5 Å². The summed E-state index contributed by atoms with van der Waals surface area (Å²) in [4.78, 5) is 19.2. The number of pyridine rings is 1. The molecule has 42 heavy (non-hydrogen) atoms. The molecule has 0 radical (unpaired) electrons. The first-order valence-corrected chi connectivity index (χ1v) is 13.6. The monoisotopic (exact) mass is 576 g/mol. The number of nitrogens with zero attached hydrogens (tertiary/aromatic N) is 2. The molecule has 0 bridgehead atoms. The number of hydrogen-bond donors (Lipinski definition) is 2. The highest BCUT2D eigenvalue weighted by atomic mass is 19.1. The van der Waals surface area contributed by atoms with Gasteiger partial charge in [0.2, 0.25) is 0 Å². The summed E-state index contributed by atoms with van der Waals surface area (Å²) in [6, 6.07) is 15.8. The molecule has 2 heterocycles. The first-order valence-electron chi connectivity index (χ1n) is 13.6. The summed E-state index contributed by atoms with van der Waals surface area (Å²) in [6.07, 6.45) is 2.45. The summed E-state index contributed by atoms with van der Waals surface area (Å²) in [5.74, 6) is 1.44. The van der Waals surface area contributed by atoms with E-state index in [1.807, 2.05) is 0 Å². The lowest BCUT2D eigenvalue weighted by atomic mass is 10.1. The highest BCUT2D eigenvalue weighted by Crippen LogP contribution is 2.38. The molecule has 0 atom stereocenters. The molecular formula is C31H33FN4O6. The number of halogens is 1. The molecule has 5 rings (SSSR count). The molecule has 4 aromatic rings. The van der Waals surface area contributed by atoms with Gasteiger partial charge in [-0.3, -0.25) is 9.88 Å². The third-order valence-electron chi connectivity index (χ3n) is 6.70. The van der Waals surface area contributed by atoms with Crippen LogP contribution in [0.2, 0.25) is 0 Å². The molecule has 0 unspecified atom stereocenters. The van der Waals surface area contributed by atoms with Crippen molar-refractivity contribution in [1.29, 1.82) is 0 Å². The maximum absolute atomic E-state index is 15.0. The second-order valence-corrected chi connectivity index (χ2v) is 9.54. The van der Waals surface area contributed by atoms with Crippen molar-refractivity contribution in [3.8, 4) is 28.7 Å². The number of rotatable bonds is 11. The highest BCUT2D eigenvalue weighted by molar-refractivity contribution is 5.99. The van der Waals surface area contributed by atoms with E-state index >= 15 is 4.39 Å². The Hall–Kier alpha value is -4.61. The zero-order chi connectivity index (χ0) is 29.3. The van der Waals surface area contributed by atoms with Crippen molar-refractivity contribution in [2.45, 2.75) is 6.42 Å². The summed E-state index contributed by atoms with van der Waals surface area (Å²) in [5.41, 5.74) is 1.41. The van der Waals surface area contributed by atoms with Crippen molar-refractivity contribution in [2.24, 2.45) is 0 Å². The predicted molar refractivity (Wildman–Crippen MR) is 158 cm³/mol. The summed E-state index contributed by atoms with van der Waals surface area (Å²) in [6.45, 7) is 4.86. The molecule has 1 fully saturated rings. The molecule has 1 aromatic heterocycles. The predicted octanol–water partition coefficient (Wildman–Crippen LogP) is 5.93. The van der Waals surface area contributed by atoms with Crippen molar-refractivity contribution < 1.29 is 32.9 Å². The van der Waals surface area contributed by atoms with Gasteiger partial charge in [-0.25, -0.2) is 9.18 Å². The molecule has 0 aliphatic carbocycles. The number of nitrogens with one attached hydrogen (secondary N) is 2. The Morgan fingerprint density at radius 1 is 0.929 bits per heavy atom. The van der Waals surface area contributed by atoms with Crippen LogP contribution in [0.15, 0.2) is 66.9 Å². The summed E-state index contributed by atoms with van der Waals surface area (Å²) < 4.78 is 43.1. The van der Waals surface area contributed by atoms with Crippen LogP contribution in [0.3, 0.4) is 0 Å². The van der Waals surface area contributed by atoms with Crippen molar-refractivity contribution in [3.63, 3.8) is 0 Å². The van der Waals surface area contributed by atoms with Crippen LogP contribution in [-0.2, 0) is 4.74 Å². The second-order valence-electron chi connectivity index (χ2n) is 9.54. The van der Waals surface area contributed by atoms with Gasteiger partial charge in [0, 0.05) is 60.8 Å². The van der Waals surface area contributed by atoms with Crippen LogP contribution in [0, 0.1) is 5.82 Å². The number of aromatic nitrogens is 1. The fourth-order valence-electron chi connectivity index (χ4n) is 4.56. The van der Waals surface area contributed by atoms with Gasteiger partial charge in [0.25, 0.3) is 0 Å². The van der Waals surface area contributed by atoms with E-state index in [0.717, 1.165) is 39.3 Å². The number of ether oxygens (including phenoxy) is 5. The van der Waals surface area contributed by atoms with Gasteiger partial charge in [-0.05, 0) is 42.8 Å². The SMILES string of the molecule is COc1cccc(NC(=O)Nc2ccc(Oc3ccnc4cc(OCCCN5CCOCC5)c(OC)cc34)c(F)c2)c1. The van der Waals surface area contributed by atoms with Crippen LogP contribution >= 0.6 is 0 Å². The van der Waals surface area contributed by atoms with Gasteiger partial charge in [0.15, 0.2) is 23.1 Å². The van der Waals surface area contributed by atoms with Crippen LogP contribution in [0.4, 0.5) is 20.6 Å². The number of morpholine rings is 1. The van der Waals surface area contributed by atoms with Crippen molar-refractivity contribution in [2.75, 3.05) is 64.3 Å². The minimum Gasteiger partial charge on any atom is -0.497 e. The Kier molecular flexibility index (Phi) is 9.52. The lowest BCUT2D eigenvalue weighted by Crippen LogP contribution is -2.37. The molecule has 0 saturated carbocycles. The van der Waals surface area contributed by atoms with E-state index in [2.05, 4.69) is 20.5 Å². The number of benzene rings is 3. The first-order chi connectivity index (χ1) is 20.5. The van der Waals surface area contributed by atoms with E-state index in [1.54, 1.807) is 61.8 Å². The minimum absolute atomic E-state index is 0.0105. The highest BCUT2D eigenvalue weighted by Gasteiger charge is 2.15. The standard InChI is InChI=1S/C31H33FN4O6/c1-38-23-6-3-5-21(17-23)34-31(37)35-22-7-8-28(25(32)18-22)42-27-9-10-33-26-20-30(29(39-2)19-24(26)27)41-14-4-11-36-12-15-40-16-13-36/h3,5-10,17-20H,4,11-16H2,1-2H3,(H2,34,35,37). The van der Waals surface area contributed by atoms with Gasteiger partial charge in [-0.2, -0.15) is 0 Å². The smallest absolute Gasteiger partial charge is 0.323 e. The summed E-state index contributed by atoms with van der Waals surface area (Å²) >= 11 is 0. The molecule has 11 heteroatoms. The van der Waals surface area contributed by atoms with Crippen molar-refractivity contribution >= 4 is 28.3 Å². The fraction of sp³-hybridized carbons (Fsp3) is 0.290. The van der Waals surface area contributed by atoms with Gasteiger partial charge in [-0.15, -0.1) is 0 Å². The zero-order valence-corrected chi connectivity index (χ0v) is 23.5. The minimum atomic E-state index is -0.647. The Labute approximate surface area is 243 Å². The van der Waals surface area contributed by atoms with Crippen LogP contribution in [0.1, 0.15) is 6.42 Å². The Morgan fingerprint density at radius 3 is 2.50 bits per heavy atom. The maximum Gasteiger partial charge on any atom is 0.323 e. The molecule has 1 aliphatic rings. The molecule has 3 aromatic carbocycles. The summed E-state index contributed by atoms with van der Waals surface area (Å²) in [5, 5.41) is 5.93. The number of carbonyl (C=O) groups excluding carboxylic acids is 1. The number of carbonyl (C=O) groups is 1. The molecule has 1 aliphatic heterocycles. The first kappa shape index (κ1) is 28.9. The van der Waals surface area contributed by atoms with Gasteiger partial charge < -0.3 is 34.3 Å². The fourth-order valence-corrected chi connectivity index (χ4v) is 4.56. The molecule has 0 spiro atoms. The van der Waals surface area contributed by atoms with Crippen molar-refractivity contribution in [3.05, 3.63) is 72.7 Å². The number of amides is 2. The van der Waals surface area contributed by atoms with E-state index in [0.29, 0.717) is 46.2 Å². The average molecular weight is 577 g/mol. The molecule has 2 amide bonds. The van der Waals surface area contributed by atoms with E-state index in [9.17, 15) is 4.79 Å². The Bertz CT molecular complexity index is 1530. The summed E-state index contributed by atoms with van der Waals surface area (Å²) in [7, 11) is 3.10. The van der Waals surface area contributed by atoms with Gasteiger partial charge in [-0.1, -0.05) is 6.07 Å². The average Bonchev–Trinajstić information content (AvgIpc) is 3.01. The second kappa shape index (κ2) is 13.8. The quantitative estimate of drug-likeness (QED) is 0.212. The number of anilines is 2. The maximum atomic E-state index is 15.0. The number of fused-ring (bicyclic) bond motifs is 1. The number of urea groups is 1. The van der Waals surface area contributed by atoms with Gasteiger partial charge >= 0.3 is 6.03 Å². The van der Waals surface area contributed by atoms with Crippen LogP contribution in [0.5, 0.6) is 28.7 Å². The Balaban J connectivity index is 1.24. The molecule has 2 N–H and O–H groups in total. The van der Waals surface area contributed by atoms with E-state index in [-0.39, 0.29) is 11.4 Å². The van der Waals surface area contributed by atoms with E-state index in [1.165, 1.54) is 19.2 Å². The molecular weight excluding hydrogens is 543 g/mol. The zero-order valence-electron chi connectivity index (χ0n) is 23.5. The number of methoxy groups -OCH3 is 2. The third kappa shape index (κ3) is 7.36. The van der Waals surface area contributed by atoms with Crippen LogP contribution in [-0.4, -0.2) is 69.6 Å². The van der Waals surface area contributed by atoms with Crippen molar-refractivity contribution in [1.82, 2.24) is 9.88 Å². The van der Waals surface area contributed by atoms with Crippen LogP contribution < -0.4 is 29.6 Å². The Morgan fingerprint density at radius 2 is 1.74 bits per heavy atom.